The molecule has 17 heavy (non-hydrogen) atoms. The molecule has 2 nitrogen and oxygen atoms in total. The maximum atomic E-state index is 4.44. The zero-order valence-electron chi connectivity index (χ0n) is 9.21. The number of hydrogen-bond donors (Lipinski definition) is 1. The largest absolute Gasteiger partial charge is 0.308 e. The molecule has 0 saturated carbocycles. The molecule has 1 aromatic carbocycles. The Morgan fingerprint density at radius 3 is 2.94 bits per heavy atom. The summed E-state index contributed by atoms with van der Waals surface area (Å²) in [7, 11) is 0. The lowest BCUT2D eigenvalue weighted by Gasteiger charge is -2.08. The van der Waals surface area contributed by atoms with Crippen molar-refractivity contribution >= 4 is 42.8 Å². The van der Waals surface area contributed by atoms with Crippen LogP contribution >= 0.6 is 31.9 Å². The van der Waals surface area contributed by atoms with Crippen molar-refractivity contribution in [2.45, 2.75) is 6.54 Å². The van der Waals surface area contributed by atoms with Crippen LogP contribution in [0.3, 0.4) is 0 Å². The summed E-state index contributed by atoms with van der Waals surface area (Å²) in [6.45, 7) is 5.33. The highest BCUT2D eigenvalue weighted by Gasteiger charge is 2.04. The molecule has 0 fully saturated rings. The predicted octanol–water partition coefficient (Wildman–Crippen LogP) is 4.00. The first-order valence-electron chi connectivity index (χ1n) is 5.24. The van der Waals surface area contributed by atoms with Crippen LogP contribution in [-0.4, -0.2) is 11.5 Å². The molecule has 0 radical (unpaired) electrons. The predicted molar refractivity (Wildman–Crippen MR) is 79.2 cm³/mol. The number of aromatic nitrogens is 1. The van der Waals surface area contributed by atoms with E-state index in [0.29, 0.717) is 0 Å². The molecule has 0 unspecified atom stereocenters. The molecular formula is C13H12Br2N2. The zero-order chi connectivity index (χ0) is 12.3. The molecule has 4 heteroatoms. The summed E-state index contributed by atoms with van der Waals surface area (Å²) in [6, 6.07) is 8.16. The van der Waals surface area contributed by atoms with E-state index in [1.807, 2.05) is 12.3 Å². The second-order valence-electron chi connectivity index (χ2n) is 3.73. The smallest absolute Gasteiger partial charge is 0.0758 e. The van der Waals surface area contributed by atoms with Crippen LogP contribution < -0.4 is 5.32 Å². The first kappa shape index (κ1) is 12.7. The Kier molecular flexibility index (Phi) is 4.31. The minimum atomic E-state index is 0.754. The molecule has 0 aliphatic carbocycles. The molecule has 2 rings (SSSR count). The fourth-order valence-electron chi connectivity index (χ4n) is 1.67. The minimum Gasteiger partial charge on any atom is -0.308 e. The maximum absolute atomic E-state index is 4.44. The Morgan fingerprint density at radius 1 is 1.35 bits per heavy atom. The van der Waals surface area contributed by atoms with E-state index in [4.69, 9.17) is 0 Å². The van der Waals surface area contributed by atoms with E-state index in [1.165, 1.54) is 5.56 Å². The van der Waals surface area contributed by atoms with Crippen LogP contribution in [-0.2, 0) is 6.54 Å². The minimum absolute atomic E-state index is 0.754. The van der Waals surface area contributed by atoms with E-state index < -0.39 is 0 Å². The van der Waals surface area contributed by atoms with E-state index in [-0.39, 0.29) is 0 Å². The van der Waals surface area contributed by atoms with Crippen LogP contribution in [0.1, 0.15) is 5.56 Å². The summed E-state index contributed by atoms with van der Waals surface area (Å²) >= 11 is 6.87. The van der Waals surface area contributed by atoms with Crippen molar-refractivity contribution in [2.75, 3.05) is 6.54 Å². The number of hydrogen-bond acceptors (Lipinski definition) is 2. The fourth-order valence-corrected chi connectivity index (χ4v) is 2.32. The third kappa shape index (κ3) is 3.15. The average molecular weight is 356 g/mol. The van der Waals surface area contributed by atoms with Gasteiger partial charge in [0.15, 0.2) is 0 Å². The Bertz CT molecular complexity index is 552. The third-order valence-corrected chi connectivity index (χ3v) is 3.40. The van der Waals surface area contributed by atoms with Gasteiger partial charge in [0, 0.05) is 33.6 Å². The number of rotatable bonds is 4. The molecule has 1 aromatic heterocycles. The average Bonchev–Trinajstić information content (AvgIpc) is 2.32. The van der Waals surface area contributed by atoms with Gasteiger partial charge < -0.3 is 5.32 Å². The quantitative estimate of drug-likeness (QED) is 0.896. The van der Waals surface area contributed by atoms with Gasteiger partial charge in [-0.2, -0.15) is 0 Å². The van der Waals surface area contributed by atoms with Gasteiger partial charge in [-0.3, -0.25) is 4.98 Å². The van der Waals surface area contributed by atoms with Gasteiger partial charge in [0.2, 0.25) is 0 Å². The van der Waals surface area contributed by atoms with E-state index in [0.717, 1.165) is 32.9 Å². The van der Waals surface area contributed by atoms with Crippen LogP contribution in [0.2, 0.25) is 0 Å². The van der Waals surface area contributed by atoms with E-state index in [2.05, 4.69) is 66.9 Å². The molecule has 0 aliphatic heterocycles. The van der Waals surface area contributed by atoms with Crippen molar-refractivity contribution in [1.82, 2.24) is 10.3 Å². The van der Waals surface area contributed by atoms with Gasteiger partial charge in [0.1, 0.15) is 0 Å². The number of fused-ring (bicyclic) bond motifs is 1. The van der Waals surface area contributed by atoms with Crippen LogP contribution in [0.15, 0.2) is 46.0 Å². The van der Waals surface area contributed by atoms with Crippen molar-refractivity contribution in [3.63, 3.8) is 0 Å². The molecule has 88 valence electrons. The zero-order valence-corrected chi connectivity index (χ0v) is 12.4. The van der Waals surface area contributed by atoms with Gasteiger partial charge in [-0.1, -0.05) is 50.6 Å². The van der Waals surface area contributed by atoms with Gasteiger partial charge in [0.25, 0.3) is 0 Å². The molecule has 0 saturated heterocycles. The molecule has 0 spiro atoms. The van der Waals surface area contributed by atoms with Gasteiger partial charge in [-0.15, -0.1) is 0 Å². The van der Waals surface area contributed by atoms with E-state index in [1.54, 1.807) is 0 Å². The lowest BCUT2D eigenvalue weighted by Crippen LogP contribution is -2.14. The molecule has 0 atom stereocenters. The molecule has 1 heterocycles. The van der Waals surface area contributed by atoms with Crippen LogP contribution in [0.25, 0.3) is 10.9 Å². The lowest BCUT2D eigenvalue weighted by atomic mass is 10.1. The topological polar surface area (TPSA) is 24.9 Å². The van der Waals surface area contributed by atoms with Crippen LogP contribution in [0, 0.1) is 0 Å². The summed E-state index contributed by atoms with van der Waals surface area (Å²) in [6.07, 6.45) is 1.82. The highest BCUT2D eigenvalue weighted by molar-refractivity contribution is 9.11. The number of benzene rings is 1. The molecule has 0 bridgehead atoms. The highest BCUT2D eigenvalue weighted by atomic mass is 79.9. The first-order valence-corrected chi connectivity index (χ1v) is 6.83. The van der Waals surface area contributed by atoms with Crippen molar-refractivity contribution in [2.24, 2.45) is 0 Å². The standard InChI is InChI=1S/C13H12Br2N2/c1-9(14)7-16-8-10-4-5-12(15)11-3-2-6-17-13(10)11/h2-6,16H,1,7-8H2. The van der Waals surface area contributed by atoms with Crippen molar-refractivity contribution in [3.05, 3.63) is 51.6 Å². The molecule has 2 aromatic rings. The number of nitrogens with zero attached hydrogens (tertiary/aromatic N) is 1. The van der Waals surface area contributed by atoms with Gasteiger partial charge >= 0.3 is 0 Å². The number of nitrogens with one attached hydrogen (secondary N) is 1. The molecular weight excluding hydrogens is 344 g/mol. The second-order valence-corrected chi connectivity index (χ2v) is 5.70. The molecule has 1 N–H and O–H groups in total. The first-order chi connectivity index (χ1) is 8.18. The summed E-state index contributed by atoms with van der Waals surface area (Å²) in [5.74, 6) is 0. The van der Waals surface area contributed by atoms with Gasteiger partial charge in [0.05, 0.1) is 5.52 Å². The number of halogens is 2. The van der Waals surface area contributed by atoms with Crippen LogP contribution in [0.5, 0.6) is 0 Å². The van der Waals surface area contributed by atoms with Crippen LogP contribution in [0.4, 0.5) is 0 Å². The van der Waals surface area contributed by atoms with Gasteiger partial charge in [-0.05, 0) is 17.7 Å². The third-order valence-electron chi connectivity index (χ3n) is 2.43. The van der Waals surface area contributed by atoms with Gasteiger partial charge in [-0.25, -0.2) is 0 Å². The molecule has 0 amide bonds. The summed E-state index contributed by atoms with van der Waals surface area (Å²) in [4.78, 5) is 4.44. The Balaban J connectivity index is 2.28. The Hall–Kier alpha value is -0.710. The maximum Gasteiger partial charge on any atom is 0.0758 e. The van der Waals surface area contributed by atoms with E-state index >= 15 is 0 Å². The SMILES string of the molecule is C=C(Br)CNCc1ccc(Br)c2cccnc12. The normalized spacial score (nSPS) is 10.7. The lowest BCUT2D eigenvalue weighted by molar-refractivity contribution is 0.760. The second kappa shape index (κ2) is 5.76. The van der Waals surface area contributed by atoms with Crippen molar-refractivity contribution < 1.29 is 0 Å². The summed E-state index contributed by atoms with van der Waals surface area (Å²) in [5.41, 5.74) is 2.23. The Labute approximate surface area is 117 Å². The highest BCUT2D eigenvalue weighted by Crippen LogP contribution is 2.25. The summed E-state index contributed by atoms with van der Waals surface area (Å²) in [5, 5.41) is 4.45. The Morgan fingerprint density at radius 2 is 2.18 bits per heavy atom. The number of pyridine rings is 1. The van der Waals surface area contributed by atoms with E-state index in [9.17, 15) is 0 Å². The molecule has 0 aliphatic rings. The van der Waals surface area contributed by atoms with Crippen molar-refractivity contribution in [1.29, 1.82) is 0 Å². The fraction of sp³-hybridized carbons (Fsp3) is 0.154. The van der Waals surface area contributed by atoms with Crippen molar-refractivity contribution in [3.8, 4) is 0 Å². The summed E-state index contributed by atoms with van der Waals surface area (Å²) < 4.78 is 2.03. The monoisotopic (exact) mass is 354 g/mol.